The van der Waals surface area contributed by atoms with Crippen molar-refractivity contribution in [3.63, 3.8) is 0 Å². The minimum atomic E-state index is -0.460. The molecule has 0 aliphatic carbocycles. The quantitative estimate of drug-likeness (QED) is 0.185. The maximum atomic E-state index is 12.4. The minimum absolute atomic E-state index is 0.0553. The summed E-state index contributed by atoms with van der Waals surface area (Å²) >= 11 is 5.10. The van der Waals surface area contributed by atoms with Crippen molar-refractivity contribution in [3.8, 4) is 5.75 Å². The fraction of sp³-hybridized carbons (Fsp3) is 0.214. The van der Waals surface area contributed by atoms with Gasteiger partial charge in [0, 0.05) is 22.4 Å². The van der Waals surface area contributed by atoms with Crippen molar-refractivity contribution in [3.05, 3.63) is 95.1 Å². The molecule has 3 rings (SSSR count). The van der Waals surface area contributed by atoms with Gasteiger partial charge in [0.15, 0.2) is 5.11 Å². The lowest BCUT2D eigenvalue weighted by molar-refractivity contribution is 0.0934. The van der Waals surface area contributed by atoms with Gasteiger partial charge in [-0.15, -0.1) is 0 Å². The Labute approximate surface area is 221 Å². The van der Waals surface area contributed by atoms with Gasteiger partial charge in [-0.3, -0.25) is 30.6 Å². The Morgan fingerprint density at radius 3 is 2.14 bits per heavy atom. The van der Waals surface area contributed by atoms with E-state index in [4.69, 9.17) is 17.0 Å². The Kier molecular flexibility index (Phi) is 10.2. The third-order valence-electron chi connectivity index (χ3n) is 5.33. The minimum Gasteiger partial charge on any atom is -0.494 e. The van der Waals surface area contributed by atoms with Crippen LogP contribution < -0.4 is 26.2 Å². The molecule has 37 heavy (non-hydrogen) atoms. The zero-order valence-corrected chi connectivity index (χ0v) is 21.6. The largest absolute Gasteiger partial charge is 0.494 e. The van der Waals surface area contributed by atoms with Crippen LogP contribution >= 0.6 is 12.2 Å². The molecule has 0 aromatic heterocycles. The van der Waals surface area contributed by atoms with Crippen molar-refractivity contribution in [2.45, 2.75) is 33.1 Å². The molecule has 0 unspecified atom stereocenters. The number of benzene rings is 3. The number of amides is 3. The highest BCUT2D eigenvalue weighted by molar-refractivity contribution is 7.80. The number of carbonyl (C=O) groups is 3. The van der Waals surface area contributed by atoms with E-state index in [0.717, 1.165) is 24.8 Å². The number of hydrogen-bond acceptors (Lipinski definition) is 5. The Bertz CT molecular complexity index is 1240. The normalized spacial score (nSPS) is 10.2. The standard InChI is InChI=1S/C28H30N4O4S/c1-3-4-5-17-36-24-15-11-20(12-16-24)25(33)30-28(37)32-31-27(35)21-9-13-23(14-10-21)29-26(34)22-8-6-7-19(2)18-22/h6-16,18H,3-5,17H2,1-2H3,(H,29,34)(H,31,35)(H2,30,32,33,37). The monoisotopic (exact) mass is 518 g/mol. The van der Waals surface area contributed by atoms with Crippen LogP contribution in [0.25, 0.3) is 0 Å². The van der Waals surface area contributed by atoms with Gasteiger partial charge in [0.05, 0.1) is 6.61 Å². The summed E-state index contributed by atoms with van der Waals surface area (Å²) in [6.07, 6.45) is 3.22. The summed E-state index contributed by atoms with van der Waals surface area (Å²) in [6, 6.07) is 20.4. The van der Waals surface area contributed by atoms with Crippen LogP contribution in [0.3, 0.4) is 0 Å². The number of hydrogen-bond donors (Lipinski definition) is 4. The summed E-state index contributed by atoms with van der Waals surface area (Å²) in [5.74, 6) is -0.421. The molecular formula is C28H30N4O4S. The average Bonchev–Trinajstić information content (AvgIpc) is 2.90. The first kappa shape index (κ1) is 27.3. The number of thiocarbonyl (C=S) groups is 1. The second-order valence-electron chi connectivity index (χ2n) is 8.34. The van der Waals surface area contributed by atoms with E-state index in [1.165, 1.54) is 0 Å². The fourth-order valence-corrected chi connectivity index (χ4v) is 3.48. The maximum Gasteiger partial charge on any atom is 0.269 e. The molecule has 3 amide bonds. The number of ether oxygens (including phenoxy) is 1. The molecule has 0 saturated heterocycles. The Hall–Kier alpha value is -4.24. The zero-order valence-electron chi connectivity index (χ0n) is 20.8. The molecule has 3 aromatic rings. The Morgan fingerprint density at radius 1 is 0.784 bits per heavy atom. The smallest absolute Gasteiger partial charge is 0.269 e. The van der Waals surface area contributed by atoms with E-state index in [1.54, 1.807) is 60.7 Å². The number of aryl methyl sites for hydroxylation is 1. The van der Waals surface area contributed by atoms with Crippen LogP contribution in [0.15, 0.2) is 72.8 Å². The van der Waals surface area contributed by atoms with E-state index < -0.39 is 11.8 Å². The van der Waals surface area contributed by atoms with Gasteiger partial charge in [-0.25, -0.2) is 0 Å². The fourth-order valence-electron chi connectivity index (χ4n) is 3.33. The first-order chi connectivity index (χ1) is 17.9. The van der Waals surface area contributed by atoms with Crippen LogP contribution in [0.2, 0.25) is 0 Å². The lowest BCUT2D eigenvalue weighted by atomic mass is 10.1. The van der Waals surface area contributed by atoms with E-state index >= 15 is 0 Å². The molecule has 8 nitrogen and oxygen atoms in total. The van der Waals surface area contributed by atoms with Gasteiger partial charge < -0.3 is 10.1 Å². The summed E-state index contributed by atoms with van der Waals surface area (Å²) in [5, 5.41) is 5.25. The zero-order chi connectivity index (χ0) is 26.6. The van der Waals surface area contributed by atoms with Crippen LogP contribution in [-0.2, 0) is 0 Å². The highest BCUT2D eigenvalue weighted by atomic mass is 32.1. The maximum absolute atomic E-state index is 12.4. The van der Waals surface area contributed by atoms with E-state index in [0.29, 0.717) is 34.7 Å². The van der Waals surface area contributed by atoms with Crippen LogP contribution in [0.4, 0.5) is 5.69 Å². The Morgan fingerprint density at radius 2 is 1.46 bits per heavy atom. The molecule has 3 aromatic carbocycles. The second kappa shape index (κ2) is 13.7. The molecule has 192 valence electrons. The number of nitrogens with one attached hydrogen (secondary N) is 4. The van der Waals surface area contributed by atoms with Gasteiger partial charge >= 0.3 is 0 Å². The Balaban J connectivity index is 1.43. The average molecular weight is 519 g/mol. The van der Waals surface area contributed by atoms with Crippen molar-refractivity contribution in [1.82, 2.24) is 16.2 Å². The molecule has 0 aliphatic heterocycles. The second-order valence-corrected chi connectivity index (χ2v) is 8.75. The highest BCUT2D eigenvalue weighted by Crippen LogP contribution is 2.14. The SMILES string of the molecule is CCCCCOc1ccc(C(=O)NC(=S)NNC(=O)c2ccc(NC(=O)c3cccc(C)c3)cc2)cc1. The molecule has 0 bridgehead atoms. The van der Waals surface area contributed by atoms with Gasteiger partial charge in [-0.1, -0.05) is 37.5 Å². The van der Waals surface area contributed by atoms with Gasteiger partial charge in [-0.2, -0.15) is 0 Å². The summed E-state index contributed by atoms with van der Waals surface area (Å²) < 4.78 is 5.64. The van der Waals surface area contributed by atoms with Crippen LogP contribution in [0.1, 0.15) is 62.8 Å². The van der Waals surface area contributed by atoms with Crippen molar-refractivity contribution in [1.29, 1.82) is 0 Å². The molecular weight excluding hydrogens is 488 g/mol. The first-order valence-electron chi connectivity index (χ1n) is 12.0. The van der Waals surface area contributed by atoms with Crippen LogP contribution in [0.5, 0.6) is 5.75 Å². The summed E-state index contributed by atoms with van der Waals surface area (Å²) in [6.45, 7) is 4.68. The summed E-state index contributed by atoms with van der Waals surface area (Å²) in [4.78, 5) is 37.2. The number of hydrazine groups is 1. The van der Waals surface area contributed by atoms with E-state index in [-0.39, 0.29) is 11.0 Å². The number of rotatable bonds is 9. The number of anilines is 1. The number of carbonyl (C=O) groups excluding carboxylic acids is 3. The topological polar surface area (TPSA) is 109 Å². The molecule has 0 atom stereocenters. The van der Waals surface area contributed by atoms with Crippen molar-refractivity contribution >= 4 is 40.7 Å². The van der Waals surface area contributed by atoms with Crippen LogP contribution in [-0.4, -0.2) is 29.4 Å². The lowest BCUT2D eigenvalue weighted by Crippen LogP contribution is -2.48. The summed E-state index contributed by atoms with van der Waals surface area (Å²) in [5.41, 5.74) is 7.78. The predicted molar refractivity (Wildman–Crippen MR) is 148 cm³/mol. The summed E-state index contributed by atoms with van der Waals surface area (Å²) in [7, 11) is 0. The van der Waals surface area contributed by atoms with Crippen LogP contribution in [0, 0.1) is 6.92 Å². The van der Waals surface area contributed by atoms with Gasteiger partial charge in [-0.05, 0) is 86.2 Å². The molecule has 0 saturated carbocycles. The van der Waals surface area contributed by atoms with Crippen molar-refractivity contribution in [2.24, 2.45) is 0 Å². The predicted octanol–water partition coefficient (Wildman–Crippen LogP) is 4.77. The van der Waals surface area contributed by atoms with E-state index in [2.05, 4.69) is 28.4 Å². The molecule has 0 fully saturated rings. The molecule has 4 N–H and O–H groups in total. The molecule has 0 spiro atoms. The molecule has 0 aliphatic rings. The third kappa shape index (κ3) is 8.73. The number of unbranched alkanes of at least 4 members (excludes halogenated alkanes) is 2. The molecule has 0 heterocycles. The first-order valence-corrected chi connectivity index (χ1v) is 12.4. The van der Waals surface area contributed by atoms with Crippen molar-refractivity contribution in [2.75, 3.05) is 11.9 Å². The van der Waals surface area contributed by atoms with Gasteiger partial charge in [0.1, 0.15) is 5.75 Å². The van der Waals surface area contributed by atoms with E-state index in [9.17, 15) is 14.4 Å². The molecule has 9 heteroatoms. The molecule has 0 radical (unpaired) electrons. The third-order valence-corrected chi connectivity index (χ3v) is 5.54. The highest BCUT2D eigenvalue weighted by Gasteiger charge is 2.11. The lowest BCUT2D eigenvalue weighted by Gasteiger charge is -2.12. The van der Waals surface area contributed by atoms with Gasteiger partial charge in [0.25, 0.3) is 17.7 Å². The van der Waals surface area contributed by atoms with Crippen molar-refractivity contribution < 1.29 is 19.1 Å². The van der Waals surface area contributed by atoms with E-state index in [1.807, 2.05) is 19.1 Å². The van der Waals surface area contributed by atoms with Gasteiger partial charge in [0.2, 0.25) is 0 Å².